The fourth-order valence-corrected chi connectivity index (χ4v) is 0.697. The zero-order valence-corrected chi connectivity index (χ0v) is 7.01. The molecule has 0 radical (unpaired) electrons. The summed E-state index contributed by atoms with van der Waals surface area (Å²) in [5, 5.41) is 22.6. The number of aromatic nitrogens is 1. The lowest BCUT2D eigenvalue weighted by Gasteiger charge is -2.05. The number of rotatable bonds is 4. The van der Waals surface area contributed by atoms with Crippen LogP contribution in [0.2, 0.25) is 0 Å². The van der Waals surface area contributed by atoms with Crippen LogP contribution in [0.3, 0.4) is 0 Å². The molecule has 0 saturated heterocycles. The van der Waals surface area contributed by atoms with Gasteiger partial charge >= 0.3 is 5.97 Å². The summed E-state index contributed by atoms with van der Waals surface area (Å²) >= 11 is 0. The normalized spacial score (nSPS) is 12.1. The molecular formula is C7H8N2O5. The Balaban J connectivity index is 2.40. The molecule has 0 bridgehead atoms. The molecule has 1 atom stereocenters. The molecule has 0 aliphatic heterocycles. The van der Waals surface area contributed by atoms with Gasteiger partial charge in [-0.1, -0.05) is 5.16 Å². The van der Waals surface area contributed by atoms with Crippen LogP contribution < -0.4 is 5.32 Å². The van der Waals surface area contributed by atoms with Crippen LogP contribution >= 0.6 is 0 Å². The van der Waals surface area contributed by atoms with Crippen molar-refractivity contribution in [1.29, 1.82) is 0 Å². The first-order valence-electron chi connectivity index (χ1n) is 3.71. The van der Waals surface area contributed by atoms with Crippen molar-refractivity contribution in [3.8, 4) is 0 Å². The number of amides is 1. The maximum absolute atomic E-state index is 11.1. The van der Waals surface area contributed by atoms with E-state index >= 15 is 0 Å². The van der Waals surface area contributed by atoms with Gasteiger partial charge in [0.25, 0.3) is 5.91 Å². The van der Waals surface area contributed by atoms with E-state index in [2.05, 4.69) is 15.0 Å². The van der Waals surface area contributed by atoms with Gasteiger partial charge in [-0.05, 0) is 0 Å². The van der Waals surface area contributed by atoms with Crippen molar-refractivity contribution >= 4 is 11.9 Å². The van der Waals surface area contributed by atoms with Crippen molar-refractivity contribution in [2.75, 3.05) is 6.54 Å². The Morgan fingerprint density at radius 1 is 1.64 bits per heavy atom. The Kier molecular flexibility index (Phi) is 3.19. The number of aliphatic carboxylic acids is 1. The summed E-state index contributed by atoms with van der Waals surface area (Å²) in [4.78, 5) is 21.2. The van der Waals surface area contributed by atoms with Crippen LogP contribution in [-0.4, -0.2) is 39.9 Å². The van der Waals surface area contributed by atoms with Gasteiger partial charge in [0.1, 0.15) is 0 Å². The van der Waals surface area contributed by atoms with Gasteiger partial charge in [0.2, 0.25) is 5.76 Å². The van der Waals surface area contributed by atoms with Gasteiger partial charge in [-0.15, -0.1) is 0 Å². The standard InChI is InChI=1S/C7H8N2O5/c10-4(7(12)13)3-8-6(11)5-1-2-9-14-5/h1-2,4,10H,3H2,(H,8,11)(H,12,13). The quantitative estimate of drug-likeness (QED) is 0.565. The monoisotopic (exact) mass is 200 g/mol. The number of carboxylic acids is 1. The van der Waals surface area contributed by atoms with Crippen molar-refractivity contribution in [2.45, 2.75) is 6.10 Å². The Morgan fingerprint density at radius 2 is 2.36 bits per heavy atom. The summed E-state index contributed by atoms with van der Waals surface area (Å²) in [5.41, 5.74) is 0. The second-order valence-electron chi connectivity index (χ2n) is 2.44. The first-order valence-corrected chi connectivity index (χ1v) is 3.71. The maximum atomic E-state index is 11.1. The van der Waals surface area contributed by atoms with Crippen LogP contribution in [0.1, 0.15) is 10.6 Å². The summed E-state index contributed by atoms with van der Waals surface area (Å²) in [6, 6.07) is 1.32. The fraction of sp³-hybridized carbons (Fsp3) is 0.286. The van der Waals surface area contributed by atoms with E-state index in [1.165, 1.54) is 12.3 Å². The molecule has 14 heavy (non-hydrogen) atoms. The number of carboxylic acid groups (broad SMARTS) is 1. The van der Waals surface area contributed by atoms with Gasteiger partial charge in [0.15, 0.2) is 6.10 Å². The predicted molar refractivity (Wildman–Crippen MR) is 42.5 cm³/mol. The van der Waals surface area contributed by atoms with Crippen LogP contribution in [0.4, 0.5) is 0 Å². The summed E-state index contributed by atoms with van der Waals surface area (Å²) in [6.07, 6.45) is -0.343. The van der Waals surface area contributed by atoms with Crippen LogP contribution in [-0.2, 0) is 4.79 Å². The first-order chi connectivity index (χ1) is 6.61. The third-order valence-electron chi connectivity index (χ3n) is 1.40. The smallest absolute Gasteiger partial charge is 0.334 e. The van der Waals surface area contributed by atoms with Crippen LogP contribution in [0, 0.1) is 0 Å². The van der Waals surface area contributed by atoms with Gasteiger partial charge in [-0.25, -0.2) is 4.79 Å². The van der Waals surface area contributed by atoms with Crippen LogP contribution in [0.25, 0.3) is 0 Å². The van der Waals surface area contributed by atoms with Gasteiger partial charge in [0, 0.05) is 6.07 Å². The zero-order chi connectivity index (χ0) is 10.6. The molecule has 1 unspecified atom stereocenters. The highest BCUT2D eigenvalue weighted by atomic mass is 16.5. The number of carbonyl (C=O) groups excluding carboxylic acids is 1. The van der Waals surface area contributed by atoms with Gasteiger partial charge in [0.05, 0.1) is 12.7 Å². The molecule has 0 saturated carbocycles. The van der Waals surface area contributed by atoms with Crippen molar-refractivity contribution in [3.05, 3.63) is 18.0 Å². The van der Waals surface area contributed by atoms with E-state index in [1.807, 2.05) is 0 Å². The molecule has 7 nitrogen and oxygen atoms in total. The molecule has 0 aliphatic rings. The topological polar surface area (TPSA) is 113 Å². The lowest BCUT2D eigenvalue weighted by Crippen LogP contribution is -2.36. The molecule has 1 rings (SSSR count). The average Bonchev–Trinajstić information content (AvgIpc) is 2.66. The van der Waals surface area contributed by atoms with Crippen LogP contribution in [0.5, 0.6) is 0 Å². The van der Waals surface area contributed by atoms with E-state index in [1.54, 1.807) is 0 Å². The SMILES string of the molecule is O=C(NCC(O)C(=O)O)c1ccno1. The van der Waals surface area contributed by atoms with Crippen molar-refractivity contribution in [3.63, 3.8) is 0 Å². The number of hydrogen-bond donors (Lipinski definition) is 3. The first kappa shape index (κ1) is 10.2. The Labute approximate surface area is 78.3 Å². The molecule has 0 aliphatic carbocycles. The molecule has 0 aromatic carbocycles. The molecule has 1 heterocycles. The average molecular weight is 200 g/mol. The van der Waals surface area contributed by atoms with E-state index in [4.69, 9.17) is 10.2 Å². The maximum Gasteiger partial charge on any atom is 0.334 e. The lowest BCUT2D eigenvalue weighted by molar-refractivity contribution is -0.146. The third-order valence-corrected chi connectivity index (χ3v) is 1.40. The summed E-state index contributed by atoms with van der Waals surface area (Å²) in [7, 11) is 0. The zero-order valence-electron chi connectivity index (χ0n) is 7.01. The highest BCUT2D eigenvalue weighted by Crippen LogP contribution is 1.95. The molecule has 7 heteroatoms. The van der Waals surface area contributed by atoms with Crippen LogP contribution in [0.15, 0.2) is 16.8 Å². The molecule has 1 aromatic rings. The molecule has 1 aromatic heterocycles. The minimum atomic E-state index is -1.62. The number of aliphatic hydroxyl groups excluding tert-OH is 1. The van der Waals surface area contributed by atoms with E-state index in [-0.39, 0.29) is 12.3 Å². The number of carbonyl (C=O) groups is 2. The highest BCUT2D eigenvalue weighted by Gasteiger charge is 2.16. The number of hydrogen-bond acceptors (Lipinski definition) is 5. The van der Waals surface area contributed by atoms with E-state index in [0.717, 1.165) is 0 Å². The number of nitrogens with zero attached hydrogens (tertiary/aromatic N) is 1. The lowest BCUT2D eigenvalue weighted by atomic mass is 10.3. The Bertz CT molecular complexity index is 321. The van der Waals surface area contributed by atoms with Gasteiger partial charge in [-0.2, -0.15) is 0 Å². The van der Waals surface area contributed by atoms with E-state index < -0.39 is 18.0 Å². The molecule has 76 valence electrons. The van der Waals surface area contributed by atoms with Crippen molar-refractivity contribution in [2.24, 2.45) is 0 Å². The minimum Gasteiger partial charge on any atom is -0.479 e. The number of aliphatic hydroxyl groups is 1. The Hall–Kier alpha value is -1.89. The second-order valence-corrected chi connectivity index (χ2v) is 2.44. The third kappa shape index (κ3) is 2.56. The largest absolute Gasteiger partial charge is 0.479 e. The minimum absolute atomic E-state index is 0.0393. The van der Waals surface area contributed by atoms with E-state index in [9.17, 15) is 9.59 Å². The second kappa shape index (κ2) is 4.38. The highest BCUT2D eigenvalue weighted by molar-refractivity contribution is 5.91. The fourth-order valence-electron chi connectivity index (χ4n) is 0.697. The Morgan fingerprint density at radius 3 is 2.86 bits per heavy atom. The van der Waals surface area contributed by atoms with Gasteiger partial charge < -0.3 is 20.1 Å². The van der Waals surface area contributed by atoms with E-state index in [0.29, 0.717) is 0 Å². The summed E-state index contributed by atoms with van der Waals surface area (Å²) in [5.74, 6) is -2.06. The van der Waals surface area contributed by atoms with Gasteiger partial charge in [-0.3, -0.25) is 4.79 Å². The predicted octanol–water partition coefficient (Wildman–Crippen LogP) is -1.15. The summed E-state index contributed by atoms with van der Waals surface area (Å²) in [6.45, 7) is -0.380. The molecule has 3 N–H and O–H groups in total. The number of nitrogens with one attached hydrogen (secondary N) is 1. The molecule has 1 amide bonds. The van der Waals surface area contributed by atoms with Crippen molar-refractivity contribution < 1.29 is 24.3 Å². The molecule has 0 fully saturated rings. The molecular weight excluding hydrogens is 192 g/mol. The van der Waals surface area contributed by atoms with Crippen molar-refractivity contribution in [1.82, 2.24) is 10.5 Å². The molecule has 0 spiro atoms. The summed E-state index contributed by atoms with van der Waals surface area (Å²) < 4.78 is 4.50.